The van der Waals surface area contributed by atoms with Crippen molar-refractivity contribution in [2.24, 2.45) is 0 Å². The first-order valence-electron chi connectivity index (χ1n) is 6.78. The minimum absolute atomic E-state index is 0.264. The molecule has 1 N–H and O–H groups in total. The monoisotopic (exact) mass is 283 g/mol. The first-order valence-corrected chi connectivity index (χ1v) is 6.78. The van der Waals surface area contributed by atoms with Crippen LogP contribution in [0.25, 0.3) is 11.1 Å². The Labute approximate surface area is 123 Å². The van der Waals surface area contributed by atoms with Crippen LogP contribution in [0.15, 0.2) is 54.6 Å². The van der Waals surface area contributed by atoms with Gasteiger partial charge in [0.1, 0.15) is 6.54 Å². The molecule has 0 aromatic heterocycles. The summed E-state index contributed by atoms with van der Waals surface area (Å²) in [6.07, 6.45) is 0. The number of carbonyl (C=O) groups is 2. The molecule has 0 fully saturated rings. The predicted octanol–water partition coefficient (Wildman–Crippen LogP) is 2.90. The first kappa shape index (κ1) is 14.8. The fourth-order valence-corrected chi connectivity index (χ4v) is 2.11. The van der Waals surface area contributed by atoms with Gasteiger partial charge in [0.2, 0.25) is 0 Å². The van der Waals surface area contributed by atoms with Gasteiger partial charge in [-0.2, -0.15) is 0 Å². The number of hydrogen-bond acceptors (Lipinski definition) is 2. The van der Waals surface area contributed by atoms with Gasteiger partial charge in [-0.3, -0.25) is 9.59 Å². The number of nitrogens with zero attached hydrogens (tertiary/aromatic N) is 1. The Hall–Kier alpha value is -2.62. The lowest BCUT2D eigenvalue weighted by Crippen LogP contribution is -2.35. The van der Waals surface area contributed by atoms with Crippen LogP contribution in [0.5, 0.6) is 0 Å². The van der Waals surface area contributed by atoms with Crippen molar-refractivity contribution < 1.29 is 14.7 Å². The Balaban J connectivity index is 2.18. The molecular formula is C17H17NO3. The average molecular weight is 283 g/mol. The average Bonchev–Trinajstić information content (AvgIpc) is 2.53. The molecule has 0 radical (unpaired) electrons. The van der Waals surface area contributed by atoms with Gasteiger partial charge < -0.3 is 10.0 Å². The Morgan fingerprint density at radius 2 is 1.52 bits per heavy atom. The van der Waals surface area contributed by atoms with E-state index in [-0.39, 0.29) is 12.5 Å². The molecule has 0 saturated heterocycles. The van der Waals surface area contributed by atoms with Crippen LogP contribution in [0.4, 0.5) is 0 Å². The van der Waals surface area contributed by atoms with Gasteiger partial charge >= 0.3 is 5.97 Å². The van der Waals surface area contributed by atoms with Gasteiger partial charge in [-0.25, -0.2) is 0 Å². The van der Waals surface area contributed by atoms with Crippen molar-refractivity contribution in [3.05, 3.63) is 60.2 Å². The zero-order valence-corrected chi connectivity index (χ0v) is 11.8. The highest BCUT2D eigenvalue weighted by molar-refractivity contribution is 5.96. The second kappa shape index (κ2) is 6.70. The third kappa shape index (κ3) is 3.69. The summed E-state index contributed by atoms with van der Waals surface area (Å²) in [7, 11) is 0. The normalized spacial score (nSPS) is 10.1. The summed E-state index contributed by atoms with van der Waals surface area (Å²) in [5, 5.41) is 8.81. The molecule has 0 aliphatic rings. The van der Waals surface area contributed by atoms with Crippen LogP contribution < -0.4 is 0 Å². The highest BCUT2D eigenvalue weighted by Crippen LogP contribution is 2.19. The Bertz CT molecular complexity index is 620. The number of carbonyl (C=O) groups excluding carboxylic acids is 1. The van der Waals surface area contributed by atoms with Crippen molar-refractivity contribution in [3.63, 3.8) is 0 Å². The highest BCUT2D eigenvalue weighted by atomic mass is 16.4. The van der Waals surface area contributed by atoms with Crippen LogP contribution in [-0.4, -0.2) is 35.0 Å². The lowest BCUT2D eigenvalue weighted by atomic mass is 10.0. The third-order valence-electron chi connectivity index (χ3n) is 3.23. The summed E-state index contributed by atoms with van der Waals surface area (Å²) in [5.74, 6) is -1.27. The SMILES string of the molecule is CCN(CC(=O)O)C(=O)c1ccc(-c2ccccc2)cc1. The fourth-order valence-electron chi connectivity index (χ4n) is 2.11. The Morgan fingerprint density at radius 3 is 2.05 bits per heavy atom. The molecule has 0 saturated carbocycles. The van der Waals surface area contributed by atoms with Crippen LogP contribution in [0.1, 0.15) is 17.3 Å². The third-order valence-corrected chi connectivity index (χ3v) is 3.23. The lowest BCUT2D eigenvalue weighted by molar-refractivity contribution is -0.137. The fraction of sp³-hybridized carbons (Fsp3) is 0.176. The molecule has 108 valence electrons. The van der Waals surface area contributed by atoms with Crippen molar-refractivity contribution in [2.45, 2.75) is 6.92 Å². The van der Waals surface area contributed by atoms with E-state index >= 15 is 0 Å². The molecule has 4 nitrogen and oxygen atoms in total. The Morgan fingerprint density at radius 1 is 0.952 bits per heavy atom. The van der Waals surface area contributed by atoms with Crippen molar-refractivity contribution in [1.29, 1.82) is 0 Å². The predicted molar refractivity (Wildman–Crippen MR) is 81.1 cm³/mol. The van der Waals surface area contributed by atoms with Gasteiger partial charge in [-0.1, -0.05) is 42.5 Å². The molecule has 0 spiro atoms. The number of amides is 1. The van der Waals surface area contributed by atoms with E-state index in [1.807, 2.05) is 42.5 Å². The molecular weight excluding hydrogens is 266 g/mol. The molecule has 2 rings (SSSR count). The van der Waals surface area contributed by atoms with Gasteiger partial charge in [0.05, 0.1) is 0 Å². The van der Waals surface area contributed by atoms with Gasteiger partial charge in [-0.05, 0) is 30.2 Å². The van der Waals surface area contributed by atoms with E-state index in [9.17, 15) is 9.59 Å². The number of benzene rings is 2. The minimum atomic E-state index is -1.01. The quantitative estimate of drug-likeness (QED) is 0.918. The van der Waals surface area contributed by atoms with E-state index in [1.165, 1.54) is 4.90 Å². The van der Waals surface area contributed by atoms with Crippen LogP contribution in [-0.2, 0) is 4.79 Å². The molecule has 1 amide bonds. The summed E-state index contributed by atoms with van der Waals surface area (Å²) in [6.45, 7) is 1.85. The molecule has 0 aliphatic carbocycles. The smallest absolute Gasteiger partial charge is 0.323 e. The maximum absolute atomic E-state index is 12.2. The molecule has 4 heteroatoms. The van der Waals surface area contributed by atoms with Crippen molar-refractivity contribution >= 4 is 11.9 Å². The second-order valence-electron chi connectivity index (χ2n) is 4.66. The van der Waals surface area contributed by atoms with Crippen LogP contribution in [0.2, 0.25) is 0 Å². The summed E-state index contributed by atoms with van der Waals surface area (Å²) >= 11 is 0. The molecule has 0 unspecified atom stereocenters. The highest BCUT2D eigenvalue weighted by Gasteiger charge is 2.16. The van der Waals surface area contributed by atoms with Gasteiger partial charge in [0.15, 0.2) is 0 Å². The zero-order valence-electron chi connectivity index (χ0n) is 11.8. The number of likely N-dealkylation sites (N-methyl/N-ethyl adjacent to an activating group) is 1. The molecule has 2 aromatic rings. The Kier molecular flexibility index (Phi) is 4.72. The van der Waals surface area contributed by atoms with Crippen LogP contribution >= 0.6 is 0 Å². The van der Waals surface area contributed by atoms with E-state index in [0.29, 0.717) is 12.1 Å². The van der Waals surface area contributed by atoms with E-state index < -0.39 is 5.97 Å². The molecule has 0 heterocycles. The van der Waals surface area contributed by atoms with Crippen LogP contribution in [0.3, 0.4) is 0 Å². The summed E-state index contributed by atoms with van der Waals surface area (Å²) in [5.41, 5.74) is 2.60. The number of carboxylic acids is 1. The lowest BCUT2D eigenvalue weighted by Gasteiger charge is -2.18. The van der Waals surface area contributed by atoms with Gasteiger partial charge in [0.25, 0.3) is 5.91 Å². The standard InChI is InChI=1S/C17H17NO3/c1-2-18(12-16(19)20)17(21)15-10-8-14(9-11-15)13-6-4-3-5-7-13/h3-11H,2,12H2,1H3,(H,19,20). The van der Waals surface area contributed by atoms with E-state index in [4.69, 9.17) is 5.11 Å². The molecule has 0 atom stereocenters. The van der Waals surface area contributed by atoms with Crippen LogP contribution in [0, 0.1) is 0 Å². The zero-order chi connectivity index (χ0) is 15.2. The number of carboxylic acid groups (broad SMARTS) is 1. The maximum Gasteiger partial charge on any atom is 0.323 e. The van der Waals surface area contributed by atoms with E-state index in [2.05, 4.69) is 0 Å². The first-order chi connectivity index (χ1) is 10.1. The van der Waals surface area contributed by atoms with E-state index in [1.54, 1.807) is 19.1 Å². The molecule has 2 aromatic carbocycles. The van der Waals surface area contributed by atoms with Gasteiger partial charge in [0, 0.05) is 12.1 Å². The van der Waals surface area contributed by atoms with Crippen molar-refractivity contribution in [2.75, 3.05) is 13.1 Å². The van der Waals surface area contributed by atoms with Crippen molar-refractivity contribution in [3.8, 4) is 11.1 Å². The number of aliphatic carboxylic acids is 1. The molecule has 0 bridgehead atoms. The van der Waals surface area contributed by atoms with E-state index in [0.717, 1.165) is 11.1 Å². The number of hydrogen-bond donors (Lipinski definition) is 1. The number of rotatable bonds is 5. The topological polar surface area (TPSA) is 57.6 Å². The minimum Gasteiger partial charge on any atom is -0.480 e. The maximum atomic E-state index is 12.2. The summed E-state index contributed by atoms with van der Waals surface area (Å²) < 4.78 is 0. The van der Waals surface area contributed by atoms with Gasteiger partial charge in [-0.15, -0.1) is 0 Å². The summed E-state index contributed by atoms with van der Waals surface area (Å²) in [6, 6.07) is 17.1. The second-order valence-corrected chi connectivity index (χ2v) is 4.66. The molecule has 21 heavy (non-hydrogen) atoms. The largest absolute Gasteiger partial charge is 0.480 e. The summed E-state index contributed by atoms with van der Waals surface area (Å²) in [4.78, 5) is 24.3. The molecule has 0 aliphatic heterocycles. The van der Waals surface area contributed by atoms with Crippen molar-refractivity contribution in [1.82, 2.24) is 4.90 Å².